The van der Waals surface area contributed by atoms with Crippen molar-refractivity contribution in [1.29, 1.82) is 0 Å². The van der Waals surface area contributed by atoms with E-state index in [9.17, 15) is 14.7 Å². The Hall–Kier alpha value is -3.28. The van der Waals surface area contributed by atoms with E-state index in [-0.39, 0.29) is 37.6 Å². The highest BCUT2D eigenvalue weighted by atomic mass is 32.2. The molecular formula is C29H33N3O6S. The van der Waals surface area contributed by atoms with Crippen LogP contribution >= 0.6 is 11.8 Å². The average molecular weight is 552 g/mol. The summed E-state index contributed by atoms with van der Waals surface area (Å²) in [6.07, 6.45) is 2.95. The summed E-state index contributed by atoms with van der Waals surface area (Å²) in [5.74, 6) is 0.0795. The maximum absolute atomic E-state index is 12.4. The normalized spacial score (nSPS) is 18.9. The van der Waals surface area contributed by atoms with Gasteiger partial charge in [0.15, 0.2) is 6.29 Å². The number of amides is 2. The number of hydroxylamine groups is 1. The van der Waals surface area contributed by atoms with Crippen LogP contribution in [0.5, 0.6) is 0 Å². The molecule has 206 valence electrons. The van der Waals surface area contributed by atoms with Crippen LogP contribution in [0.4, 0.5) is 5.69 Å². The van der Waals surface area contributed by atoms with Crippen molar-refractivity contribution in [3.8, 4) is 0 Å². The molecule has 1 fully saturated rings. The lowest BCUT2D eigenvalue weighted by molar-refractivity contribution is -0.245. The van der Waals surface area contributed by atoms with E-state index in [1.165, 1.54) is 0 Å². The number of anilines is 1. The summed E-state index contributed by atoms with van der Waals surface area (Å²) in [5, 5.41) is 21.8. The smallest absolute Gasteiger partial charge is 0.243 e. The molecule has 0 bridgehead atoms. The first kappa shape index (κ1) is 28.7. The predicted octanol–water partition coefficient (Wildman–Crippen LogP) is 4.92. The van der Waals surface area contributed by atoms with Gasteiger partial charge in [0.1, 0.15) is 0 Å². The number of benzene rings is 2. The fourth-order valence-corrected chi connectivity index (χ4v) is 5.13. The molecule has 3 atom stereocenters. The Kier molecular flexibility index (Phi) is 10.9. The minimum Gasteiger partial charge on any atom is -0.392 e. The zero-order chi connectivity index (χ0) is 27.5. The van der Waals surface area contributed by atoms with Crippen molar-refractivity contribution >= 4 is 29.3 Å². The predicted molar refractivity (Wildman–Crippen MR) is 147 cm³/mol. The summed E-state index contributed by atoms with van der Waals surface area (Å²) in [7, 11) is 0. The maximum Gasteiger partial charge on any atom is 0.243 e. The number of aromatic nitrogens is 1. The molecule has 0 radical (unpaired) electrons. The standard InChI is InChI=1S/C29H33N3O6S/c33-18-20-11-13-21(14-12-20)25-17-24(19-39-28-10-3-4-15-30-28)37-29(38-25)22-6-5-7-23(16-22)31-26(34)8-1-2-9-27(35)32-36/h3-7,10-16,24-25,29,33,36H,1-2,8-9,17-19H2,(H,31,34)(H,32,35)/t24-,25+,29+/m0/s1. The van der Waals surface area contributed by atoms with Gasteiger partial charge >= 0.3 is 0 Å². The van der Waals surface area contributed by atoms with Crippen molar-refractivity contribution < 1.29 is 29.4 Å². The molecule has 2 heterocycles. The number of carbonyl (C=O) groups is 2. The molecule has 9 nitrogen and oxygen atoms in total. The topological polar surface area (TPSA) is 130 Å². The third kappa shape index (κ3) is 8.87. The quantitative estimate of drug-likeness (QED) is 0.108. The molecule has 1 aliphatic rings. The number of pyridine rings is 1. The number of carbonyl (C=O) groups excluding carboxylic acids is 2. The molecule has 1 aromatic heterocycles. The second-order valence-corrected chi connectivity index (χ2v) is 10.3. The zero-order valence-corrected chi connectivity index (χ0v) is 22.3. The third-order valence-electron chi connectivity index (χ3n) is 6.29. The van der Waals surface area contributed by atoms with Crippen LogP contribution in [0.3, 0.4) is 0 Å². The van der Waals surface area contributed by atoms with Gasteiger partial charge in [0, 0.05) is 42.5 Å². The van der Waals surface area contributed by atoms with E-state index in [0.717, 1.165) is 21.7 Å². The van der Waals surface area contributed by atoms with Gasteiger partial charge in [-0.15, -0.1) is 11.8 Å². The molecule has 0 aliphatic carbocycles. The second-order valence-electron chi connectivity index (χ2n) is 9.24. The van der Waals surface area contributed by atoms with Gasteiger partial charge in [-0.05, 0) is 48.2 Å². The number of hydrogen-bond donors (Lipinski definition) is 4. The molecule has 3 aromatic rings. The molecule has 2 amide bonds. The molecule has 0 unspecified atom stereocenters. The number of thioether (sulfide) groups is 1. The fraction of sp³-hybridized carbons (Fsp3) is 0.345. The number of aliphatic hydroxyl groups is 1. The molecule has 4 N–H and O–H groups in total. The Labute approximate surface area is 231 Å². The van der Waals surface area contributed by atoms with Gasteiger partial charge in [-0.3, -0.25) is 14.8 Å². The van der Waals surface area contributed by atoms with Crippen LogP contribution in [-0.4, -0.2) is 39.0 Å². The van der Waals surface area contributed by atoms with Gasteiger partial charge in [-0.25, -0.2) is 10.5 Å². The lowest BCUT2D eigenvalue weighted by Gasteiger charge is -2.36. The van der Waals surface area contributed by atoms with Crippen molar-refractivity contribution in [2.45, 2.75) is 62.2 Å². The second kappa shape index (κ2) is 14.8. The summed E-state index contributed by atoms with van der Waals surface area (Å²) in [6.45, 7) is -0.0165. The van der Waals surface area contributed by atoms with Gasteiger partial charge in [0.05, 0.1) is 23.8 Å². The van der Waals surface area contributed by atoms with E-state index in [1.54, 1.807) is 23.4 Å². The number of hydrogen-bond acceptors (Lipinski definition) is 8. The monoisotopic (exact) mass is 551 g/mol. The van der Waals surface area contributed by atoms with Crippen LogP contribution in [0.1, 0.15) is 61.2 Å². The largest absolute Gasteiger partial charge is 0.392 e. The Morgan fingerprint density at radius 1 is 0.949 bits per heavy atom. The van der Waals surface area contributed by atoms with Crippen molar-refractivity contribution in [3.63, 3.8) is 0 Å². The summed E-state index contributed by atoms with van der Waals surface area (Å²) in [5.41, 5.74) is 4.86. The molecule has 2 aromatic carbocycles. The van der Waals surface area contributed by atoms with Crippen LogP contribution in [0.25, 0.3) is 0 Å². The number of unbranched alkanes of at least 4 members (excludes halogenated alkanes) is 1. The molecular weight excluding hydrogens is 518 g/mol. The molecule has 1 saturated heterocycles. The van der Waals surface area contributed by atoms with Crippen LogP contribution in [0, 0.1) is 0 Å². The number of nitrogens with zero attached hydrogens (tertiary/aromatic N) is 1. The summed E-state index contributed by atoms with van der Waals surface area (Å²) in [6, 6.07) is 21.0. The van der Waals surface area contributed by atoms with E-state index in [2.05, 4.69) is 10.3 Å². The summed E-state index contributed by atoms with van der Waals surface area (Å²) in [4.78, 5) is 27.9. The van der Waals surface area contributed by atoms with Crippen LogP contribution in [-0.2, 0) is 25.7 Å². The van der Waals surface area contributed by atoms with Crippen molar-refractivity contribution in [1.82, 2.24) is 10.5 Å². The van der Waals surface area contributed by atoms with E-state index >= 15 is 0 Å². The highest BCUT2D eigenvalue weighted by Crippen LogP contribution is 2.39. The summed E-state index contributed by atoms with van der Waals surface area (Å²) < 4.78 is 12.8. The van der Waals surface area contributed by atoms with Gasteiger partial charge in [-0.1, -0.05) is 42.5 Å². The summed E-state index contributed by atoms with van der Waals surface area (Å²) >= 11 is 1.63. The van der Waals surface area contributed by atoms with Crippen LogP contribution < -0.4 is 10.8 Å². The van der Waals surface area contributed by atoms with E-state index in [0.29, 0.717) is 30.7 Å². The zero-order valence-electron chi connectivity index (χ0n) is 21.5. The molecule has 10 heteroatoms. The Bertz CT molecular complexity index is 1210. The lowest BCUT2D eigenvalue weighted by atomic mass is 10.0. The molecule has 1 aliphatic heterocycles. The van der Waals surface area contributed by atoms with Gasteiger partial charge in [0.2, 0.25) is 11.8 Å². The van der Waals surface area contributed by atoms with Gasteiger partial charge in [-0.2, -0.15) is 0 Å². The molecule has 0 spiro atoms. The molecule has 4 rings (SSSR count). The van der Waals surface area contributed by atoms with Crippen LogP contribution in [0.2, 0.25) is 0 Å². The van der Waals surface area contributed by atoms with Crippen LogP contribution in [0.15, 0.2) is 78.0 Å². The first-order valence-electron chi connectivity index (χ1n) is 12.9. The van der Waals surface area contributed by atoms with E-state index < -0.39 is 12.2 Å². The maximum atomic E-state index is 12.4. The number of ether oxygens (including phenoxy) is 2. The van der Waals surface area contributed by atoms with E-state index in [4.69, 9.17) is 14.7 Å². The minimum atomic E-state index is -0.635. The van der Waals surface area contributed by atoms with Gasteiger partial charge in [0.25, 0.3) is 0 Å². The molecule has 0 saturated carbocycles. The highest BCUT2D eigenvalue weighted by molar-refractivity contribution is 7.99. The number of rotatable bonds is 12. The third-order valence-corrected chi connectivity index (χ3v) is 7.37. The van der Waals surface area contributed by atoms with Gasteiger partial charge < -0.3 is 19.9 Å². The van der Waals surface area contributed by atoms with Crippen molar-refractivity contribution in [3.05, 3.63) is 89.6 Å². The number of nitrogens with one attached hydrogen (secondary N) is 2. The average Bonchev–Trinajstić information content (AvgIpc) is 2.98. The lowest BCUT2D eigenvalue weighted by Crippen LogP contribution is -2.31. The van der Waals surface area contributed by atoms with E-state index in [1.807, 2.05) is 66.7 Å². The van der Waals surface area contributed by atoms with Crippen molar-refractivity contribution in [2.75, 3.05) is 11.1 Å². The van der Waals surface area contributed by atoms with Crippen molar-refractivity contribution in [2.24, 2.45) is 0 Å². The first-order valence-corrected chi connectivity index (χ1v) is 13.9. The Morgan fingerprint density at radius 3 is 2.46 bits per heavy atom. The minimum absolute atomic E-state index is 0.0165. The first-order chi connectivity index (χ1) is 19.0. The fourth-order valence-electron chi connectivity index (χ4n) is 4.25. The number of aliphatic hydroxyl groups excluding tert-OH is 1. The highest BCUT2D eigenvalue weighted by Gasteiger charge is 2.32. The SMILES string of the molecule is O=C(CCCCC(=O)Nc1cccc([C@@H]2O[C@H](CSc3ccccn3)C[C@H](c3ccc(CO)cc3)O2)c1)NO. The molecule has 39 heavy (non-hydrogen) atoms. The Balaban J connectivity index is 1.43. The Morgan fingerprint density at radius 2 is 1.74 bits per heavy atom.